The van der Waals surface area contributed by atoms with Crippen LogP contribution in [-0.2, 0) is 11.3 Å². The van der Waals surface area contributed by atoms with Gasteiger partial charge in [-0.25, -0.2) is 8.78 Å². The molecule has 82 valence electrons. The summed E-state index contributed by atoms with van der Waals surface area (Å²) in [5.74, 6) is -2.66. The monoisotopic (exact) mass is 216 g/mol. The molecule has 1 atom stereocenters. The van der Waals surface area contributed by atoms with Crippen LogP contribution < -0.4 is 5.56 Å². The highest BCUT2D eigenvalue weighted by Gasteiger charge is 2.58. The van der Waals surface area contributed by atoms with Gasteiger partial charge in [-0.1, -0.05) is 0 Å². The molecule has 0 radical (unpaired) electrons. The average molecular weight is 216 g/mol. The summed E-state index contributed by atoms with van der Waals surface area (Å²) in [7, 11) is 0. The van der Waals surface area contributed by atoms with Crippen molar-refractivity contribution in [3.63, 3.8) is 0 Å². The summed E-state index contributed by atoms with van der Waals surface area (Å²) >= 11 is 0. The molecule has 1 aromatic rings. The molecule has 0 amide bonds. The summed E-state index contributed by atoms with van der Waals surface area (Å²) in [5.41, 5.74) is -0.261. The summed E-state index contributed by atoms with van der Waals surface area (Å²) < 4.78 is 31.1. The van der Waals surface area contributed by atoms with Gasteiger partial charge < -0.3 is 9.30 Å². The lowest BCUT2D eigenvalue weighted by molar-refractivity contribution is 0.0105. The predicted octanol–water partition coefficient (Wildman–Crippen LogP) is 0.667. The molecule has 15 heavy (non-hydrogen) atoms. The summed E-state index contributed by atoms with van der Waals surface area (Å²) in [5, 5.41) is 0. The lowest BCUT2D eigenvalue weighted by atomic mass is 10.6. The molecule has 0 aromatic carbocycles. The van der Waals surface area contributed by atoms with Gasteiger partial charge >= 0.3 is 0 Å². The van der Waals surface area contributed by atoms with E-state index in [1.54, 1.807) is 0 Å². The number of hydrogen-bond acceptors (Lipinski definition) is 3. The summed E-state index contributed by atoms with van der Waals surface area (Å²) in [6, 6.07) is 0. The van der Waals surface area contributed by atoms with Gasteiger partial charge in [-0.15, -0.1) is 0 Å². The van der Waals surface area contributed by atoms with Gasteiger partial charge in [0.25, 0.3) is 11.5 Å². The van der Waals surface area contributed by atoms with E-state index in [2.05, 4.69) is 4.98 Å². The molecule has 1 fully saturated rings. The van der Waals surface area contributed by atoms with Crippen LogP contribution in [0, 0.1) is 0 Å². The van der Waals surface area contributed by atoms with Crippen molar-refractivity contribution in [2.24, 2.45) is 0 Å². The second kappa shape index (κ2) is 3.69. The molecular weight excluding hydrogens is 206 g/mol. The molecule has 1 aromatic heterocycles. The van der Waals surface area contributed by atoms with Crippen LogP contribution in [0.2, 0.25) is 0 Å². The first-order valence-corrected chi connectivity index (χ1v) is 4.59. The number of nitrogens with zero attached hydrogens (tertiary/aromatic N) is 2. The van der Waals surface area contributed by atoms with Crippen molar-refractivity contribution >= 4 is 0 Å². The molecule has 0 bridgehead atoms. The zero-order valence-electron chi connectivity index (χ0n) is 7.90. The van der Waals surface area contributed by atoms with Crippen molar-refractivity contribution in [1.29, 1.82) is 0 Å². The smallest absolute Gasteiger partial charge is 0.276 e. The molecule has 2 rings (SSSR count). The van der Waals surface area contributed by atoms with Crippen LogP contribution in [-0.4, -0.2) is 28.2 Å². The molecule has 1 aliphatic rings. The first-order chi connectivity index (χ1) is 7.09. The summed E-state index contributed by atoms with van der Waals surface area (Å²) in [6.07, 6.45) is 2.96. The van der Waals surface area contributed by atoms with E-state index in [1.165, 1.54) is 23.2 Å². The second-order valence-corrected chi connectivity index (χ2v) is 3.43. The Hall–Kier alpha value is -1.30. The number of ether oxygens (including phenoxy) is 1. The van der Waals surface area contributed by atoms with Gasteiger partial charge in [0, 0.05) is 25.4 Å². The summed E-state index contributed by atoms with van der Waals surface area (Å²) in [4.78, 5) is 14.8. The van der Waals surface area contributed by atoms with Crippen molar-refractivity contribution in [1.82, 2.24) is 9.55 Å². The van der Waals surface area contributed by atoms with Crippen molar-refractivity contribution in [2.75, 3.05) is 6.61 Å². The standard InChI is InChI=1S/C9H10F2N2O2/c10-9(11)5-7(9)15-4-3-13-2-1-12-6-8(13)14/h1-2,6-7H,3-5H2. The van der Waals surface area contributed by atoms with E-state index in [0.717, 1.165) is 0 Å². The first-order valence-electron chi connectivity index (χ1n) is 4.59. The lowest BCUT2D eigenvalue weighted by Gasteiger charge is -2.05. The van der Waals surface area contributed by atoms with E-state index >= 15 is 0 Å². The fourth-order valence-corrected chi connectivity index (χ4v) is 1.22. The van der Waals surface area contributed by atoms with Crippen molar-refractivity contribution in [3.8, 4) is 0 Å². The highest BCUT2D eigenvalue weighted by atomic mass is 19.3. The third kappa shape index (κ3) is 2.38. The van der Waals surface area contributed by atoms with Crippen LogP contribution in [0.4, 0.5) is 8.78 Å². The molecule has 1 unspecified atom stereocenters. The molecule has 0 N–H and O–H groups in total. The van der Waals surface area contributed by atoms with E-state index in [1.807, 2.05) is 0 Å². The number of rotatable bonds is 4. The Balaban J connectivity index is 1.80. The van der Waals surface area contributed by atoms with Crippen LogP contribution in [0.15, 0.2) is 23.4 Å². The highest BCUT2D eigenvalue weighted by molar-refractivity contribution is 4.96. The van der Waals surface area contributed by atoms with Crippen LogP contribution in [0.5, 0.6) is 0 Å². The minimum atomic E-state index is -2.66. The first kappa shape index (κ1) is 10.2. The van der Waals surface area contributed by atoms with Gasteiger partial charge in [0.1, 0.15) is 6.10 Å². The number of alkyl halides is 2. The third-order valence-electron chi connectivity index (χ3n) is 2.22. The summed E-state index contributed by atoms with van der Waals surface area (Å²) in [6.45, 7) is 0.387. The van der Waals surface area contributed by atoms with Crippen LogP contribution in [0.3, 0.4) is 0 Å². The number of aromatic nitrogens is 2. The Morgan fingerprint density at radius 1 is 1.67 bits per heavy atom. The SMILES string of the molecule is O=c1cnccn1CCOC1CC1(F)F. The van der Waals surface area contributed by atoms with E-state index in [-0.39, 0.29) is 25.1 Å². The van der Waals surface area contributed by atoms with Crippen molar-refractivity contribution in [3.05, 3.63) is 28.9 Å². The number of halogens is 2. The van der Waals surface area contributed by atoms with Gasteiger partial charge in [-0.2, -0.15) is 0 Å². The normalized spacial score (nSPS) is 22.7. The second-order valence-electron chi connectivity index (χ2n) is 3.43. The maximum Gasteiger partial charge on any atom is 0.276 e. The molecule has 0 aliphatic heterocycles. The van der Waals surface area contributed by atoms with Gasteiger partial charge in [0.15, 0.2) is 0 Å². The largest absolute Gasteiger partial charge is 0.370 e. The minimum absolute atomic E-state index is 0.115. The minimum Gasteiger partial charge on any atom is -0.370 e. The lowest BCUT2D eigenvalue weighted by Crippen LogP contribution is -2.22. The fraction of sp³-hybridized carbons (Fsp3) is 0.556. The van der Waals surface area contributed by atoms with E-state index in [4.69, 9.17) is 4.74 Å². The maximum atomic E-state index is 12.4. The Bertz CT molecular complexity index is 405. The Morgan fingerprint density at radius 3 is 3.00 bits per heavy atom. The van der Waals surface area contributed by atoms with Crippen molar-refractivity contribution < 1.29 is 13.5 Å². The zero-order valence-corrected chi connectivity index (χ0v) is 7.90. The molecule has 4 nitrogen and oxygen atoms in total. The van der Waals surface area contributed by atoms with E-state index < -0.39 is 12.0 Å². The van der Waals surface area contributed by atoms with Gasteiger partial charge in [-0.05, 0) is 0 Å². The topological polar surface area (TPSA) is 44.1 Å². The maximum absolute atomic E-state index is 12.4. The van der Waals surface area contributed by atoms with Gasteiger partial charge in [0.2, 0.25) is 0 Å². The quantitative estimate of drug-likeness (QED) is 0.742. The van der Waals surface area contributed by atoms with E-state index in [9.17, 15) is 13.6 Å². The fourth-order valence-electron chi connectivity index (χ4n) is 1.22. The molecule has 6 heteroatoms. The molecule has 0 spiro atoms. The van der Waals surface area contributed by atoms with Crippen molar-refractivity contribution in [2.45, 2.75) is 25.0 Å². The number of hydrogen-bond donors (Lipinski definition) is 0. The van der Waals surface area contributed by atoms with E-state index in [0.29, 0.717) is 0 Å². The zero-order chi connectivity index (χ0) is 10.9. The third-order valence-corrected chi connectivity index (χ3v) is 2.22. The van der Waals surface area contributed by atoms with Crippen LogP contribution in [0.1, 0.15) is 6.42 Å². The van der Waals surface area contributed by atoms with Crippen LogP contribution >= 0.6 is 0 Å². The molecule has 0 saturated heterocycles. The average Bonchev–Trinajstić information content (AvgIpc) is 2.78. The molecule has 1 heterocycles. The Kier molecular flexibility index (Phi) is 2.52. The Morgan fingerprint density at radius 2 is 2.40 bits per heavy atom. The Labute approximate surface area is 84.5 Å². The van der Waals surface area contributed by atoms with Crippen LogP contribution in [0.25, 0.3) is 0 Å². The van der Waals surface area contributed by atoms with Gasteiger partial charge in [0.05, 0.1) is 12.8 Å². The molecule has 1 aliphatic carbocycles. The predicted molar refractivity (Wildman–Crippen MR) is 47.8 cm³/mol. The molecule has 1 saturated carbocycles. The molecular formula is C9H10F2N2O2. The van der Waals surface area contributed by atoms with Gasteiger partial charge in [-0.3, -0.25) is 9.78 Å². The highest BCUT2D eigenvalue weighted by Crippen LogP contribution is 2.44.